The van der Waals surface area contributed by atoms with Gasteiger partial charge in [0.2, 0.25) is 0 Å². The Kier molecular flexibility index (Phi) is 2.34. The van der Waals surface area contributed by atoms with Crippen LogP contribution in [0.15, 0.2) is 0 Å². The van der Waals surface area contributed by atoms with Crippen LogP contribution in [0.2, 0.25) is 0 Å². The average molecular weight is 130 g/mol. The Morgan fingerprint density at radius 3 is 1.89 bits per heavy atom. The summed E-state index contributed by atoms with van der Waals surface area (Å²) in [5.41, 5.74) is 10.4. The molecule has 1 atom stereocenters. The number of nitrogens with two attached hydrogens (primary N) is 2. The summed E-state index contributed by atoms with van der Waals surface area (Å²) in [5, 5.41) is 0. The van der Waals surface area contributed by atoms with Crippen molar-refractivity contribution in [1.82, 2.24) is 0 Å². The molecular weight excluding hydrogens is 116 g/mol. The number of ketones is 1. The molecule has 0 saturated carbocycles. The van der Waals surface area contributed by atoms with Crippen LogP contribution in [0.4, 0.5) is 0 Å². The quantitative estimate of drug-likeness (QED) is 0.536. The molecule has 3 nitrogen and oxygen atoms in total. The Morgan fingerprint density at radius 2 is 1.89 bits per heavy atom. The summed E-state index contributed by atoms with van der Waals surface area (Å²) in [6.07, 6.45) is 0. The van der Waals surface area contributed by atoms with Crippen molar-refractivity contribution >= 4 is 5.78 Å². The smallest absolute Gasteiger partial charge is 0.148 e. The predicted molar refractivity (Wildman–Crippen MR) is 36.9 cm³/mol. The summed E-state index contributed by atoms with van der Waals surface area (Å²) in [6, 6.07) is -0.544. The van der Waals surface area contributed by atoms with Gasteiger partial charge < -0.3 is 11.5 Å². The molecule has 0 amide bonds. The minimum atomic E-state index is -0.591. The van der Waals surface area contributed by atoms with Gasteiger partial charge in [-0.05, 0) is 20.8 Å². The third-order valence-corrected chi connectivity index (χ3v) is 1.24. The van der Waals surface area contributed by atoms with Gasteiger partial charge in [-0.15, -0.1) is 0 Å². The predicted octanol–water partition coefficient (Wildman–Crippen LogP) is -0.360. The monoisotopic (exact) mass is 130 g/mol. The lowest BCUT2D eigenvalue weighted by Crippen LogP contribution is -2.54. The zero-order chi connectivity index (χ0) is 7.65. The van der Waals surface area contributed by atoms with E-state index in [0.29, 0.717) is 0 Å². The molecule has 0 heterocycles. The van der Waals surface area contributed by atoms with Crippen molar-refractivity contribution in [3.8, 4) is 0 Å². The summed E-state index contributed by atoms with van der Waals surface area (Å²) >= 11 is 0. The Morgan fingerprint density at radius 1 is 1.56 bits per heavy atom. The van der Waals surface area contributed by atoms with Crippen molar-refractivity contribution in [3.05, 3.63) is 0 Å². The lowest BCUT2D eigenvalue weighted by atomic mass is 9.94. The number of hydrogen-bond donors (Lipinski definition) is 2. The molecule has 0 aliphatic rings. The van der Waals surface area contributed by atoms with Gasteiger partial charge in [0.15, 0.2) is 0 Å². The van der Waals surface area contributed by atoms with Crippen molar-refractivity contribution in [2.24, 2.45) is 11.5 Å². The average Bonchev–Trinajstić information content (AvgIpc) is 1.62. The highest BCUT2D eigenvalue weighted by molar-refractivity contribution is 5.82. The van der Waals surface area contributed by atoms with Crippen LogP contribution in [0.25, 0.3) is 0 Å². The van der Waals surface area contributed by atoms with E-state index in [1.807, 2.05) is 0 Å². The summed E-state index contributed by atoms with van der Waals surface area (Å²) in [4.78, 5) is 10.6. The third-order valence-electron chi connectivity index (χ3n) is 1.24. The maximum atomic E-state index is 10.6. The zero-order valence-corrected chi connectivity index (χ0v) is 6.14. The van der Waals surface area contributed by atoms with Gasteiger partial charge in [0, 0.05) is 5.54 Å². The van der Waals surface area contributed by atoms with E-state index in [1.165, 1.54) is 6.92 Å². The molecule has 0 rings (SSSR count). The highest BCUT2D eigenvalue weighted by Gasteiger charge is 2.24. The molecule has 0 aromatic rings. The largest absolute Gasteiger partial charge is 0.324 e. The Bertz CT molecular complexity index is 115. The maximum absolute atomic E-state index is 10.6. The van der Waals surface area contributed by atoms with Gasteiger partial charge in [0.05, 0.1) is 6.04 Å². The maximum Gasteiger partial charge on any atom is 0.148 e. The van der Waals surface area contributed by atoms with E-state index in [0.717, 1.165) is 0 Å². The van der Waals surface area contributed by atoms with E-state index >= 15 is 0 Å². The first-order valence-corrected chi connectivity index (χ1v) is 2.90. The molecular formula is C6H14N2O. The topological polar surface area (TPSA) is 69.1 Å². The van der Waals surface area contributed by atoms with Crippen molar-refractivity contribution in [1.29, 1.82) is 0 Å². The second-order valence-corrected chi connectivity index (χ2v) is 2.91. The van der Waals surface area contributed by atoms with E-state index in [2.05, 4.69) is 0 Å². The van der Waals surface area contributed by atoms with Crippen LogP contribution in [0, 0.1) is 0 Å². The van der Waals surface area contributed by atoms with Crippen molar-refractivity contribution in [3.63, 3.8) is 0 Å². The summed E-state index contributed by atoms with van der Waals surface area (Å²) in [5.74, 6) is -0.0671. The fourth-order valence-electron chi connectivity index (χ4n) is 0.524. The van der Waals surface area contributed by atoms with E-state index in [4.69, 9.17) is 11.5 Å². The molecule has 3 heteroatoms. The molecule has 0 aliphatic carbocycles. The third kappa shape index (κ3) is 2.58. The lowest BCUT2D eigenvalue weighted by Gasteiger charge is -2.24. The number of hydrogen-bond acceptors (Lipinski definition) is 3. The Hall–Kier alpha value is -0.410. The molecule has 0 bridgehead atoms. The SMILES string of the molecule is CC(=O)C(N)C(C)(C)N. The van der Waals surface area contributed by atoms with Gasteiger partial charge >= 0.3 is 0 Å². The minimum absolute atomic E-state index is 0.0671. The van der Waals surface area contributed by atoms with Gasteiger partial charge in [0.1, 0.15) is 5.78 Å². The molecule has 1 unspecified atom stereocenters. The van der Waals surface area contributed by atoms with Crippen molar-refractivity contribution in [2.75, 3.05) is 0 Å². The van der Waals surface area contributed by atoms with Crippen LogP contribution in [0.1, 0.15) is 20.8 Å². The second kappa shape index (κ2) is 2.45. The first kappa shape index (κ1) is 8.59. The molecule has 4 N–H and O–H groups in total. The Labute approximate surface area is 55.4 Å². The summed E-state index contributed by atoms with van der Waals surface area (Å²) < 4.78 is 0. The van der Waals surface area contributed by atoms with Crippen LogP contribution in [-0.4, -0.2) is 17.4 Å². The first-order valence-electron chi connectivity index (χ1n) is 2.90. The van der Waals surface area contributed by atoms with E-state index in [1.54, 1.807) is 13.8 Å². The molecule has 0 aromatic heterocycles. The number of carbonyl (C=O) groups is 1. The van der Waals surface area contributed by atoms with Crippen LogP contribution in [0.5, 0.6) is 0 Å². The van der Waals surface area contributed by atoms with E-state index in [9.17, 15) is 4.79 Å². The molecule has 9 heavy (non-hydrogen) atoms. The van der Waals surface area contributed by atoms with E-state index in [-0.39, 0.29) is 5.78 Å². The highest BCUT2D eigenvalue weighted by Crippen LogP contribution is 2.01. The molecule has 0 aliphatic heterocycles. The lowest BCUT2D eigenvalue weighted by molar-refractivity contribution is -0.119. The second-order valence-electron chi connectivity index (χ2n) is 2.91. The van der Waals surface area contributed by atoms with Gasteiger partial charge in [0.25, 0.3) is 0 Å². The van der Waals surface area contributed by atoms with Crippen LogP contribution in [0.3, 0.4) is 0 Å². The standard InChI is InChI=1S/C6H14N2O/c1-4(9)5(7)6(2,3)8/h5H,7-8H2,1-3H3. The Balaban J connectivity index is 4.04. The molecule has 0 fully saturated rings. The number of rotatable bonds is 2. The van der Waals surface area contributed by atoms with Crippen LogP contribution < -0.4 is 11.5 Å². The molecule has 0 saturated heterocycles. The van der Waals surface area contributed by atoms with Crippen LogP contribution in [-0.2, 0) is 4.79 Å². The molecule has 54 valence electrons. The molecule has 0 aromatic carbocycles. The summed E-state index contributed by atoms with van der Waals surface area (Å²) in [6.45, 7) is 4.91. The molecule has 0 radical (unpaired) electrons. The highest BCUT2D eigenvalue weighted by atomic mass is 16.1. The number of carbonyl (C=O) groups excluding carboxylic acids is 1. The van der Waals surface area contributed by atoms with Gasteiger partial charge in [-0.2, -0.15) is 0 Å². The molecule has 0 spiro atoms. The fraction of sp³-hybridized carbons (Fsp3) is 0.833. The van der Waals surface area contributed by atoms with E-state index < -0.39 is 11.6 Å². The van der Waals surface area contributed by atoms with Crippen molar-refractivity contribution < 1.29 is 4.79 Å². The zero-order valence-electron chi connectivity index (χ0n) is 6.14. The fourth-order valence-corrected chi connectivity index (χ4v) is 0.524. The van der Waals surface area contributed by atoms with Crippen molar-refractivity contribution in [2.45, 2.75) is 32.4 Å². The minimum Gasteiger partial charge on any atom is -0.324 e. The summed E-state index contributed by atoms with van der Waals surface area (Å²) in [7, 11) is 0. The van der Waals surface area contributed by atoms with Crippen LogP contribution >= 0.6 is 0 Å². The van der Waals surface area contributed by atoms with Gasteiger partial charge in [-0.1, -0.05) is 0 Å². The number of Topliss-reactive ketones (excluding diaryl/α,β-unsaturated/α-hetero) is 1. The normalized spacial score (nSPS) is 15.2. The first-order chi connectivity index (χ1) is 3.85. The van der Waals surface area contributed by atoms with Gasteiger partial charge in [-0.25, -0.2) is 0 Å². The van der Waals surface area contributed by atoms with Gasteiger partial charge in [-0.3, -0.25) is 4.79 Å².